The van der Waals surface area contributed by atoms with Crippen molar-refractivity contribution in [2.24, 2.45) is 5.92 Å². The molecular weight excluding hydrogens is 343 g/mol. The van der Waals surface area contributed by atoms with Crippen LogP contribution in [0, 0.1) is 11.7 Å². The van der Waals surface area contributed by atoms with E-state index in [9.17, 15) is 23.9 Å². The molecule has 0 aliphatic carbocycles. The summed E-state index contributed by atoms with van der Waals surface area (Å²) in [4.78, 5) is 36.1. The van der Waals surface area contributed by atoms with Gasteiger partial charge in [-0.15, -0.1) is 11.8 Å². The predicted molar refractivity (Wildman–Crippen MR) is 84.5 cm³/mol. The second-order valence-corrected chi connectivity index (χ2v) is 7.26. The maximum absolute atomic E-state index is 13.3. The van der Waals surface area contributed by atoms with Crippen molar-refractivity contribution in [1.82, 2.24) is 9.55 Å². The largest absolute Gasteiger partial charge is 0.508 e. The van der Waals surface area contributed by atoms with Crippen LogP contribution in [0.3, 0.4) is 0 Å². The Morgan fingerprint density at radius 2 is 2.21 bits per heavy atom. The molecule has 134 valence electrons. The van der Waals surface area contributed by atoms with E-state index in [1.807, 2.05) is 18.8 Å². The average molecular weight is 362 g/mol. The number of carbonyl (C=O) groups is 1. The number of aromatic nitrogens is 2. The number of hydrogen-bond acceptors (Lipinski definition) is 7. The first-order valence-electron chi connectivity index (χ1n) is 7.42. The van der Waals surface area contributed by atoms with Crippen molar-refractivity contribution in [3.8, 4) is 0 Å². The van der Waals surface area contributed by atoms with Gasteiger partial charge in [0.25, 0.3) is 5.56 Å². The van der Waals surface area contributed by atoms with E-state index in [1.54, 1.807) is 0 Å². The van der Waals surface area contributed by atoms with E-state index in [0.717, 1.165) is 22.5 Å². The summed E-state index contributed by atoms with van der Waals surface area (Å²) in [6.45, 7) is 3.90. The van der Waals surface area contributed by atoms with Gasteiger partial charge in [0.05, 0.1) is 29.5 Å². The fraction of sp³-hybridized carbons (Fsp3) is 0.643. The van der Waals surface area contributed by atoms with E-state index in [2.05, 4.69) is 0 Å². The third-order valence-corrected chi connectivity index (χ3v) is 4.87. The first kappa shape index (κ1) is 18.5. The maximum Gasteiger partial charge on any atom is 0.508 e. The van der Waals surface area contributed by atoms with E-state index in [1.165, 1.54) is 0 Å². The van der Waals surface area contributed by atoms with Gasteiger partial charge in [-0.25, -0.2) is 9.59 Å². The zero-order valence-electron chi connectivity index (χ0n) is 13.2. The monoisotopic (exact) mass is 362 g/mol. The van der Waals surface area contributed by atoms with Crippen molar-refractivity contribution >= 4 is 17.9 Å². The number of nitrogens with one attached hydrogen (secondary N) is 1. The minimum absolute atomic E-state index is 0.0974. The van der Waals surface area contributed by atoms with Gasteiger partial charge in [0.2, 0.25) is 5.82 Å². The summed E-state index contributed by atoms with van der Waals surface area (Å²) in [5.74, 6) is -0.906. The molecule has 1 aliphatic rings. The molecule has 1 fully saturated rings. The predicted octanol–water partition coefficient (Wildman–Crippen LogP) is 0.850. The van der Waals surface area contributed by atoms with Crippen molar-refractivity contribution < 1.29 is 23.8 Å². The maximum atomic E-state index is 13.3. The third kappa shape index (κ3) is 4.60. The standard InChI is InChI=1S/C14H19FN2O6S/c1-7(2)5-22-14(21)23-6-10-9(18)3-11(24-10)17-4-8(15)12(19)16-13(17)20/h4,7,9-11,18H,3,5-6H2,1-2H3,(H,16,19,20)/t9-,10+,11+/m0/s1. The fourth-order valence-corrected chi connectivity index (χ4v) is 3.58. The van der Waals surface area contributed by atoms with Crippen molar-refractivity contribution in [1.29, 1.82) is 0 Å². The molecule has 24 heavy (non-hydrogen) atoms. The van der Waals surface area contributed by atoms with Crippen LogP contribution in [0.15, 0.2) is 15.8 Å². The van der Waals surface area contributed by atoms with Crippen LogP contribution in [0.4, 0.5) is 9.18 Å². The highest BCUT2D eigenvalue weighted by molar-refractivity contribution is 8.00. The molecular formula is C14H19FN2O6S. The highest BCUT2D eigenvalue weighted by Gasteiger charge is 2.36. The molecule has 0 saturated carbocycles. The number of thioether (sulfide) groups is 1. The highest BCUT2D eigenvalue weighted by Crippen LogP contribution is 2.40. The molecule has 2 rings (SSSR count). The Bertz CT molecular complexity index is 703. The molecule has 1 aromatic rings. The van der Waals surface area contributed by atoms with Crippen LogP contribution in [0.2, 0.25) is 0 Å². The highest BCUT2D eigenvalue weighted by atomic mass is 32.2. The second kappa shape index (κ2) is 7.84. The lowest BCUT2D eigenvalue weighted by Crippen LogP contribution is -2.32. The lowest BCUT2D eigenvalue weighted by atomic mass is 10.2. The molecule has 0 bridgehead atoms. The molecule has 1 aliphatic heterocycles. The molecule has 2 heterocycles. The summed E-state index contributed by atoms with van der Waals surface area (Å²) >= 11 is 1.16. The van der Waals surface area contributed by atoms with Gasteiger partial charge in [-0.1, -0.05) is 13.8 Å². The Morgan fingerprint density at radius 1 is 1.50 bits per heavy atom. The van der Waals surface area contributed by atoms with Gasteiger partial charge in [-0.3, -0.25) is 14.3 Å². The SMILES string of the molecule is CC(C)COC(=O)OC[C@H]1S[C@@H](n2cc(F)c(=O)[nH]c2=O)C[C@@H]1O. The van der Waals surface area contributed by atoms with Crippen LogP contribution in [0.5, 0.6) is 0 Å². The zero-order chi connectivity index (χ0) is 17.9. The van der Waals surface area contributed by atoms with Gasteiger partial charge in [0.1, 0.15) is 6.61 Å². The Morgan fingerprint density at radius 3 is 2.88 bits per heavy atom. The first-order chi connectivity index (χ1) is 11.3. The van der Waals surface area contributed by atoms with Gasteiger partial charge in [-0.05, 0) is 5.92 Å². The summed E-state index contributed by atoms with van der Waals surface area (Å²) in [7, 11) is 0. The Hall–Kier alpha value is -1.81. The minimum Gasteiger partial charge on any atom is -0.434 e. The molecule has 0 aromatic carbocycles. The third-order valence-electron chi connectivity index (χ3n) is 3.34. The molecule has 0 unspecified atom stereocenters. The number of aromatic amines is 1. The van der Waals surface area contributed by atoms with Gasteiger partial charge in [0.15, 0.2) is 0 Å². The van der Waals surface area contributed by atoms with Crippen LogP contribution in [0.25, 0.3) is 0 Å². The number of H-pyrrole nitrogens is 1. The zero-order valence-corrected chi connectivity index (χ0v) is 14.0. The lowest BCUT2D eigenvalue weighted by molar-refractivity contribution is 0.0393. The van der Waals surface area contributed by atoms with Crippen molar-refractivity contribution in [2.45, 2.75) is 37.0 Å². The number of rotatable bonds is 5. The molecule has 0 spiro atoms. The smallest absolute Gasteiger partial charge is 0.434 e. The average Bonchev–Trinajstić information content (AvgIpc) is 2.87. The number of nitrogens with zero attached hydrogens (tertiary/aromatic N) is 1. The van der Waals surface area contributed by atoms with Gasteiger partial charge < -0.3 is 14.6 Å². The fourth-order valence-electron chi connectivity index (χ4n) is 2.14. The Kier molecular flexibility index (Phi) is 6.05. The summed E-state index contributed by atoms with van der Waals surface area (Å²) in [6, 6.07) is 0. The van der Waals surface area contributed by atoms with Crippen molar-refractivity contribution in [3.63, 3.8) is 0 Å². The molecule has 8 nitrogen and oxygen atoms in total. The lowest BCUT2D eigenvalue weighted by Gasteiger charge is -2.14. The number of aliphatic hydroxyl groups excluding tert-OH is 1. The van der Waals surface area contributed by atoms with E-state index < -0.39 is 39.9 Å². The molecule has 1 aromatic heterocycles. The molecule has 3 atom stereocenters. The molecule has 10 heteroatoms. The van der Waals surface area contributed by atoms with Crippen LogP contribution in [0.1, 0.15) is 25.6 Å². The second-order valence-electron chi connectivity index (χ2n) is 5.84. The number of halogens is 1. The molecule has 0 radical (unpaired) electrons. The summed E-state index contributed by atoms with van der Waals surface area (Å²) < 4.78 is 24.2. The van der Waals surface area contributed by atoms with Crippen molar-refractivity contribution in [2.75, 3.05) is 13.2 Å². The number of hydrogen-bond donors (Lipinski definition) is 2. The number of carbonyl (C=O) groups excluding carboxylic acids is 1. The van der Waals surface area contributed by atoms with Crippen LogP contribution in [-0.4, -0.2) is 45.4 Å². The Labute approximate surface area is 141 Å². The molecule has 0 amide bonds. The Balaban J connectivity index is 1.95. The summed E-state index contributed by atoms with van der Waals surface area (Å²) in [6.07, 6.45) is -0.705. The van der Waals surface area contributed by atoms with E-state index in [4.69, 9.17) is 9.47 Å². The van der Waals surface area contributed by atoms with Crippen molar-refractivity contribution in [3.05, 3.63) is 32.9 Å². The van der Waals surface area contributed by atoms with E-state index in [0.29, 0.717) is 0 Å². The van der Waals surface area contributed by atoms with E-state index in [-0.39, 0.29) is 25.6 Å². The normalized spacial score (nSPS) is 23.5. The van der Waals surface area contributed by atoms with E-state index >= 15 is 0 Å². The van der Waals surface area contributed by atoms with Crippen LogP contribution < -0.4 is 11.2 Å². The number of ether oxygens (including phenoxy) is 2. The molecule has 1 saturated heterocycles. The number of aliphatic hydroxyl groups is 1. The quantitative estimate of drug-likeness (QED) is 0.747. The van der Waals surface area contributed by atoms with Gasteiger partial charge >= 0.3 is 11.8 Å². The van der Waals surface area contributed by atoms with Gasteiger partial charge in [0, 0.05) is 6.42 Å². The minimum atomic E-state index is -1.09. The topological polar surface area (TPSA) is 111 Å². The van der Waals surface area contributed by atoms with Crippen LogP contribution in [-0.2, 0) is 9.47 Å². The van der Waals surface area contributed by atoms with Crippen LogP contribution >= 0.6 is 11.8 Å². The summed E-state index contributed by atoms with van der Waals surface area (Å²) in [5.41, 5.74) is -1.85. The first-order valence-corrected chi connectivity index (χ1v) is 8.36. The molecule has 2 N–H and O–H groups in total. The van der Waals surface area contributed by atoms with Gasteiger partial charge in [-0.2, -0.15) is 4.39 Å². The summed E-state index contributed by atoms with van der Waals surface area (Å²) in [5, 5.41) is 8.98.